The molecular formula is C15H22ClN. The normalized spacial score (nSPS) is 24.8. The lowest BCUT2D eigenvalue weighted by Gasteiger charge is -2.25. The summed E-state index contributed by atoms with van der Waals surface area (Å²) in [6.45, 7) is 1.13. The van der Waals surface area contributed by atoms with Crippen LogP contribution in [0.2, 0.25) is 0 Å². The fourth-order valence-corrected chi connectivity index (χ4v) is 2.75. The van der Waals surface area contributed by atoms with Crippen LogP contribution in [0, 0.1) is 0 Å². The van der Waals surface area contributed by atoms with Gasteiger partial charge in [-0.3, -0.25) is 0 Å². The molecule has 94 valence electrons. The molecule has 1 fully saturated rings. The quantitative estimate of drug-likeness (QED) is 0.621. The molecule has 2 rings (SSSR count). The third-order valence-corrected chi connectivity index (χ3v) is 4.01. The smallest absolute Gasteiger partial charge is 0.0337 e. The fraction of sp³-hybridized carbons (Fsp3) is 0.600. The molecule has 0 aliphatic heterocycles. The van der Waals surface area contributed by atoms with Crippen molar-refractivity contribution in [3.8, 4) is 0 Å². The maximum Gasteiger partial charge on any atom is 0.0337 e. The van der Waals surface area contributed by atoms with Crippen LogP contribution in [0.4, 0.5) is 0 Å². The molecule has 1 aliphatic rings. The second kappa shape index (κ2) is 7.03. The first-order valence-corrected chi connectivity index (χ1v) is 7.19. The molecule has 0 saturated heterocycles. The van der Waals surface area contributed by atoms with Crippen molar-refractivity contribution in [2.45, 2.75) is 49.9 Å². The van der Waals surface area contributed by atoms with Crippen molar-refractivity contribution in [2.24, 2.45) is 0 Å². The van der Waals surface area contributed by atoms with Gasteiger partial charge < -0.3 is 5.32 Å². The lowest BCUT2D eigenvalue weighted by atomic mass is 9.95. The van der Waals surface area contributed by atoms with E-state index >= 15 is 0 Å². The topological polar surface area (TPSA) is 12.0 Å². The zero-order valence-electron chi connectivity index (χ0n) is 10.4. The van der Waals surface area contributed by atoms with Gasteiger partial charge in [-0.05, 0) is 50.6 Å². The number of halogens is 1. The first-order valence-electron chi connectivity index (χ1n) is 6.76. The molecule has 1 aromatic rings. The van der Waals surface area contributed by atoms with Gasteiger partial charge in [0, 0.05) is 11.4 Å². The van der Waals surface area contributed by atoms with E-state index in [4.69, 9.17) is 11.6 Å². The van der Waals surface area contributed by atoms with Gasteiger partial charge in [0.2, 0.25) is 0 Å². The molecule has 1 nitrogen and oxygen atoms in total. The highest BCUT2D eigenvalue weighted by Crippen LogP contribution is 2.22. The summed E-state index contributed by atoms with van der Waals surface area (Å²) in [5, 5.41) is 4.08. The molecule has 1 aromatic carbocycles. The van der Waals surface area contributed by atoms with Gasteiger partial charge >= 0.3 is 0 Å². The Morgan fingerprint density at radius 1 is 1.06 bits per heavy atom. The molecule has 1 aliphatic carbocycles. The SMILES string of the molecule is ClC1CCC(NCCCc2ccccc2)CC1. The number of hydrogen-bond acceptors (Lipinski definition) is 1. The Labute approximate surface area is 110 Å². The summed E-state index contributed by atoms with van der Waals surface area (Å²) >= 11 is 6.10. The first-order chi connectivity index (χ1) is 8.34. The van der Waals surface area contributed by atoms with Crippen LogP contribution < -0.4 is 5.32 Å². The summed E-state index contributed by atoms with van der Waals surface area (Å²) in [4.78, 5) is 0. The van der Waals surface area contributed by atoms with Gasteiger partial charge in [-0.25, -0.2) is 0 Å². The highest BCUT2D eigenvalue weighted by molar-refractivity contribution is 6.20. The maximum absolute atomic E-state index is 6.10. The van der Waals surface area contributed by atoms with E-state index in [0.717, 1.165) is 6.54 Å². The van der Waals surface area contributed by atoms with E-state index in [1.54, 1.807) is 0 Å². The molecule has 0 radical (unpaired) electrons. The Bertz CT molecular complexity index is 304. The van der Waals surface area contributed by atoms with Crippen LogP contribution in [0.1, 0.15) is 37.7 Å². The Morgan fingerprint density at radius 3 is 2.47 bits per heavy atom. The van der Waals surface area contributed by atoms with E-state index < -0.39 is 0 Å². The van der Waals surface area contributed by atoms with Crippen molar-refractivity contribution in [1.29, 1.82) is 0 Å². The van der Waals surface area contributed by atoms with Gasteiger partial charge in [0.25, 0.3) is 0 Å². The zero-order chi connectivity index (χ0) is 11.9. The number of hydrogen-bond donors (Lipinski definition) is 1. The predicted molar refractivity (Wildman–Crippen MR) is 74.7 cm³/mol. The Kier molecular flexibility index (Phi) is 5.34. The number of aryl methyl sites for hydroxylation is 1. The average molecular weight is 252 g/mol. The first kappa shape index (κ1) is 12.9. The van der Waals surface area contributed by atoms with Crippen molar-refractivity contribution in [1.82, 2.24) is 5.32 Å². The molecule has 17 heavy (non-hydrogen) atoms. The highest BCUT2D eigenvalue weighted by atomic mass is 35.5. The van der Waals surface area contributed by atoms with Gasteiger partial charge in [-0.2, -0.15) is 0 Å². The van der Waals surface area contributed by atoms with E-state index in [2.05, 4.69) is 35.6 Å². The third-order valence-electron chi connectivity index (χ3n) is 3.57. The molecule has 0 aromatic heterocycles. The summed E-state index contributed by atoms with van der Waals surface area (Å²) in [5.74, 6) is 0. The summed E-state index contributed by atoms with van der Waals surface area (Å²) in [7, 11) is 0. The molecule has 1 saturated carbocycles. The predicted octanol–water partition coefficient (Wildman–Crippen LogP) is 3.76. The average Bonchev–Trinajstić information content (AvgIpc) is 2.38. The number of alkyl halides is 1. The van der Waals surface area contributed by atoms with Crippen molar-refractivity contribution < 1.29 is 0 Å². The van der Waals surface area contributed by atoms with Gasteiger partial charge in [-0.15, -0.1) is 11.6 Å². The maximum atomic E-state index is 6.10. The van der Waals surface area contributed by atoms with E-state index in [1.165, 1.54) is 44.1 Å². The standard InChI is InChI=1S/C15H22ClN/c16-14-8-10-15(11-9-14)17-12-4-7-13-5-2-1-3-6-13/h1-3,5-6,14-15,17H,4,7-12H2. The van der Waals surface area contributed by atoms with Crippen molar-refractivity contribution in [3.05, 3.63) is 35.9 Å². The van der Waals surface area contributed by atoms with Crippen LogP contribution >= 0.6 is 11.6 Å². The van der Waals surface area contributed by atoms with Crippen LogP contribution in [0.25, 0.3) is 0 Å². The largest absolute Gasteiger partial charge is 0.314 e. The van der Waals surface area contributed by atoms with E-state index in [1.807, 2.05) is 0 Å². The van der Waals surface area contributed by atoms with Crippen molar-refractivity contribution in [3.63, 3.8) is 0 Å². The van der Waals surface area contributed by atoms with Crippen molar-refractivity contribution >= 4 is 11.6 Å². The fourth-order valence-electron chi connectivity index (χ4n) is 2.50. The van der Waals surface area contributed by atoms with Crippen LogP contribution in [-0.4, -0.2) is 18.0 Å². The monoisotopic (exact) mass is 251 g/mol. The van der Waals surface area contributed by atoms with Gasteiger partial charge in [0.05, 0.1) is 0 Å². The molecule has 0 amide bonds. The summed E-state index contributed by atoms with van der Waals surface area (Å²) < 4.78 is 0. The van der Waals surface area contributed by atoms with E-state index in [-0.39, 0.29) is 0 Å². The minimum Gasteiger partial charge on any atom is -0.314 e. The van der Waals surface area contributed by atoms with Crippen LogP contribution in [0.3, 0.4) is 0 Å². The van der Waals surface area contributed by atoms with Crippen LogP contribution in [-0.2, 0) is 6.42 Å². The molecule has 0 atom stereocenters. The Hall–Kier alpha value is -0.530. The summed E-state index contributed by atoms with van der Waals surface area (Å²) in [6.07, 6.45) is 7.26. The molecule has 2 heteroatoms. The van der Waals surface area contributed by atoms with E-state index in [0.29, 0.717) is 11.4 Å². The molecule has 0 spiro atoms. The third kappa shape index (κ3) is 4.69. The van der Waals surface area contributed by atoms with Crippen molar-refractivity contribution in [2.75, 3.05) is 6.54 Å². The lowest BCUT2D eigenvalue weighted by Crippen LogP contribution is -2.34. The molecule has 1 N–H and O–H groups in total. The summed E-state index contributed by atoms with van der Waals surface area (Å²) in [6, 6.07) is 11.4. The Balaban J connectivity index is 1.57. The lowest BCUT2D eigenvalue weighted by molar-refractivity contribution is 0.376. The molecule has 0 unspecified atom stereocenters. The second-order valence-corrected chi connectivity index (χ2v) is 5.61. The van der Waals surface area contributed by atoms with E-state index in [9.17, 15) is 0 Å². The Morgan fingerprint density at radius 2 is 1.76 bits per heavy atom. The number of nitrogens with one attached hydrogen (secondary N) is 1. The summed E-state index contributed by atoms with van der Waals surface area (Å²) in [5.41, 5.74) is 1.44. The van der Waals surface area contributed by atoms with Crippen LogP contribution in [0.5, 0.6) is 0 Å². The number of benzene rings is 1. The van der Waals surface area contributed by atoms with Gasteiger partial charge in [0.15, 0.2) is 0 Å². The number of rotatable bonds is 5. The van der Waals surface area contributed by atoms with Gasteiger partial charge in [-0.1, -0.05) is 30.3 Å². The van der Waals surface area contributed by atoms with Gasteiger partial charge in [0.1, 0.15) is 0 Å². The molecule has 0 bridgehead atoms. The zero-order valence-corrected chi connectivity index (χ0v) is 11.1. The second-order valence-electron chi connectivity index (χ2n) is 4.99. The molecular weight excluding hydrogens is 230 g/mol. The highest BCUT2D eigenvalue weighted by Gasteiger charge is 2.18. The van der Waals surface area contributed by atoms with Crippen LogP contribution in [0.15, 0.2) is 30.3 Å². The minimum atomic E-state index is 0.428. The molecule has 0 heterocycles. The minimum absolute atomic E-state index is 0.428.